The molecule has 4 heteroatoms. The number of nitrogens with zero attached hydrogens (tertiary/aromatic N) is 3. The third kappa shape index (κ3) is 1.54. The normalized spacial score (nSPS) is 12.2. The van der Waals surface area contributed by atoms with Gasteiger partial charge in [-0.05, 0) is 33.3 Å². The fraction of sp³-hybridized carbons (Fsp3) is 0.500. The van der Waals surface area contributed by atoms with Crippen LogP contribution in [0, 0.1) is 6.92 Å². The van der Waals surface area contributed by atoms with Crippen molar-refractivity contribution < 1.29 is 0 Å². The molecular weight excluding hydrogens is 200 g/mol. The Hall–Kier alpha value is -1.58. The lowest BCUT2D eigenvalue weighted by Crippen LogP contribution is -2.24. The van der Waals surface area contributed by atoms with Gasteiger partial charge in [0.05, 0.1) is 5.69 Å². The lowest BCUT2D eigenvalue weighted by molar-refractivity contribution is 0.352. The average molecular weight is 218 g/mol. The standard InChI is InChI=1S/C12H18N4/c1-5-12(3,4)16-7-6-9-8(2)14-11(13)15-10(9)16/h6-7H,5H2,1-4H3,(H2,13,14,15). The van der Waals surface area contributed by atoms with Gasteiger partial charge < -0.3 is 10.3 Å². The molecule has 16 heavy (non-hydrogen) atoms. The van der Waals surface area contributed by atoms with Crippen molar-refractivity contribution in [2.24, 2.45) is 0 Å². The van der Waals surface area contributed by atoms with E-state index in [2.05, 4.69) is 47.6 Å². The molecule has 0 atom stereocenters. The summed E-state index contributed by atoms with van der Waals surface area (Å²) in [6, 6.07) is 2.06. The molecule has 0 aliphatic rings. The highest BCUT2D eigenvalue weighted by atomic mass is 15.1. The lowest BCUT2D eigenvalue weighted by atomic mass is 10.0. The Bertz CT molecular complexity index is 525. The van der Waals surface area contributed by atoms with Crippen molar-refractivity contribution in [3.8, 4) is 0 Å². The second-order valence-corrected chi connectivity index (χ2v) is 4.76. The number of rotatable bonds is 2. The molecule has 0 aromatic carbocycles. The number of hydrogen-bond donors (Lipinski definition) is 1. The van der Waals surface area contributed by atoms with E-state index in [-0.39, 0.29) is 5.54 Å². The molecule has 0 radical (unpaired) electrons. The molecule has 4 nitrogen and oxygen atoms in total. The molecule has 0 saturated carbocycles. The minimum absolute atomic E-state index is 0.0506. The van der Waals surface area contributed by atoms with E-state index in [0.29, 0.717) is 5.95 Å². The molecule has 2 heterocycles. The number of nitrogen functional groups attached to an aromatic ring is 1. The van der Waals surface area contributed by atoms with Crippen LogP contribution in [0.15, 0.2) is 12.3 Å². The first-order valence-electron chi connectivity index (χ1n) is 5.57. The van der Waals surface area contributed by atoms with E-state index in [1.807, 2.05) is 6.92 Å². The van der Waals surface area contributed by atoms with Crippen molar-refractivity contribution in [3.05, 3.63) is 18.0 Å². The van der Waals surface area contributed by atoms with E-state index in [0.717, 1.165) is 23.1 Å². The van der Waals surface area contributed by atoms with Crippen LogP contribution in [0.4, 0.5) is 5.95 Å². The zero-order valence-corrected chi connectivity index (χ0v) is 10.3. The molecule has 0 aliphatic carbocycles. The third-order valence-corrected chi connectivity index (χ3v) is 3.27. The Morgan fingerprint density at radius 3 is 2.69 bits per heavy atom. The Morgan fingerprint density at radius 2 is 2.06 bits per heavy atom. The highest BCUT2D eigenvalue weighted by Gasteiger charge is 2.20. The van der Waals surface area contributed by atoms with Gasteiger partial charge in [0, 0.05) is 17.1 Å². The van der Waals surface area contributed by atoms with Gasteiger partial charge in [-0.25, -0.2) is 4.98 Å². The van der Waals surface area contributed by atoms with E-state index < -0.39 is 0 Å². The first-order chi connectivity index (χ1) is 7.45. The molecule has 0 unspecified atom stereocenters. The van der Waals surface area contributed by atoms with Crippen LogP contribution in [0.5, 0.6) is 0 Å². The van der Waals surface area contributed by atoms with E-state index in [1.165, 1.54) is 0 Å². The molecule has 2 aromatic rings. The molecule has 86 valence electrons. The van der Waals surface area contributed by atoms with E-state index >= 15 is 0 Å². The maximum Gasteiger partial charge on any atom is 0.222 e. The van der Waals surface area contributed by atoms with Crippen LogP contribution in [0.1, 0.15) is 32.9 Å². The number of fused-ring (bicyclic) bond motifs is 1. The number of nitrogens with two attached hydrogens (primary N) is 1. The van der Waals surface area contributed by atoms with Gasteiger partial charge in [0.1, 0.15) is 5.65 Å². The highest BCUT2D eigenvalue weighted by Crippen LogP contribution is 2.26. The van der Waals surface area contributed by atoms with Crippen LogP contribution in [0.2, 0.25) is 0 Å². The Kier molecular flexibility index (Phi) is 2.37. The summed E-state index contributed by atoms with van der Waals surface area (Å²) in [4.78, 5) is 8.52. The van der Waals surface area contributed by atoms with Crippen molar-refractivity contribution in [3.63, 3.8) is 0 Å². The second-order valence-electron chi connectivity index (χ2n) is 4.76. The predicted octanol–water partition coefficient (Wildman–Crippen LogP) is 2.47. The second kappa shape index (κ2) is 3.47. The van der Waals surface area contributed by atoms with Crippen LogP contribution in [-0.4, -0.2) is 14.5 Å². The fourth-order valence-electron chi connectivity index (χ4n) is 1.84. The summed E-state index contributed by atoms with van der Waals surface area (Å²) in [6.45, 7) is 8.52. The number of aromatic nitrogens is 3. The number of aryl methyl sites for hydroxylation is 1. The summed E-state index contributed by atoms with van der Waals surface area (Å²) < 4.78 is 2.17. The van der Waals surface area contributed by atoms with Gasteiger partial charge >= 0.3 is 0 Å². The molecule has 2 aromatic heterocycles. The first kappa shape index (κ1) is 10.9. The molecule has 2 N–H and O–H groups in total. The van der Waals surface area contributed by atoms with Crippen LogP contribution in [0.25, 0.3) is 11.0 Å². The Morgan fingerprint density at radius 1 is 1.38 bits per heavy atom. The summed E-state index contributed by atoms with van der Waals surface area (Å²) in [7, 11) is 0. The summed E-state index contributed by atoms with van der Waals surface area (Å²) in [5.41, 5.74) is 7.62. The van der Waals surface area contributed by atoms with Crippen LogP contribution < -0.4 is 5.73 Å². The lowest BCUT2D eigenvalue weighted by Gasteiger charge is -2.25. The van der Waals surface area contributed by atoms with Crippen molar-refractivity contribution in [2.75, 3.05) is 5.73 Å². The predicted molar refractivity (Wildman–Crippen MR) is 66.3 cm³/mol. The van der Waals surface area contributed by atoms with E-state index in [4.69, 9.17) is 5.73 Å². The van der Waals surface area contributed by atoms with Gasteiger partial charge in [0.15, 0.2) is 0 Å². The summed E-state index contributed by atoms with van der Waals surface area (Å²) >= 11 is 0. The Labute approximate surface area is 95.5 Å². The molecule has 0 bridgehead atoms. The molecule has 0 amide bonds. The Balaban J connectivity index is 2.74. The zero-order valence-electron chi connectivity index (χ0n) is 10.3. The molecule has 0 saturated heterocycles. The van der Waals surface area contributed by atoms with E-state index in [1.54, 1.807) is 0 Å². The maximum absolute atomic E-state index is 5.70. The van der Waals surface area contributed by atoms with Gasteiger partial charge in [0.25, 0.3) is 0 Å². The van der Waals surface area contributed by atoms with Crippen molar-refractivity contribution >= 4 is 17.0 Å². The van der Waals surface area contributed by atoms with Gasteiger partial charge in [0.2, 0.25) is 5.95 Å². The van der Waals surface area contributed by atoms with Gasteiger partial charge in [-0.2, -0.15) is 4.98 Å². The molecular formula is C12H18N4. The van der Waals surface area contributed by atoms with Crippen LogP contribution in [0.3, 0.4) is 0 Å². The van der Waals surface area contributed by atoms with Crippen LogP contribution in [-0.2, 0) is 5.54 Å². The number of anilines is 1. The van der Waals surface area contributed by atoms with Crippen molar-refractivity contribution in [2.45, 2.75) is 39.7 Å². The molecule has 0 aliphatic heterocycles. The zero-order chi connectivity index (χ0) is 11.9. The largest absolute Gasteiger partial charge is 0.368 e. The maximum atomic E-state index is 5.70. The third-order valence-electron chi connectivity index (χ3n) is 3.27. The topological polar surface area (TPSA) is 56.7 Å². The van der Waals surface area contributed by atoms with Gasteiger partial charge in [-0.1, -0.05) is 6.92 Å². The highest BCUT2D eigenvalue weighted by molar-refractivity contribution is 5.79. The first-order valence-corrected chi connectivity index (χ1v) is 5.57. The quantitative estimate of drug-likeness (QED) is 0.842. The van der Waals surface area contributed by atoms with E-state index in [9.17, 15) is 0 Å². The van der Waals surface area contributed by atoms with Gasteiger partial charge in [-0.15, -0.1) is 0 Å². The van der Waals surface area contributed by atoms with Crippen molar-refractivity contribution in [1.29, 1.82) is 0 Å². The van der Waals surface area contributed by atoms with Crippen molar-refractivity contribution in [1.82, 2.24) is 14.5 Å². The van der Waals surface area contributed by atoms with Gasteiger partial charge in [-0.3, -0.25) is 0 Å². The smallest absolute Gasteiger partial charge is 0.222 e. The molecule has 2 rings (SSSR count). The van der Waals surface area contributed by atoms with Crippen LogP contribution >= 0.6 is 0 Å². The minimum Gasteiger partial charge on any atom is -0.368 e. The SMILES string of the molecule is CCC(C)(C)n1ccc2c(C)nc(N)nc21. The minimum atomic E-state index is 0.0506. The monoisotopic (exact) mass is 218 g/mol. The average Bonchev–Trinajstić information content (AvgIpc) is 2.62. The summed E-state index contributed by atoms with van der Waals surface area (Å²) in [5.74, 6) is 0.344. The fourth-order valence-corrected chi connectivity index (χ4v) is 1.84. The summed E-state index contributed by atoms with van der Waals surface area (Å²) in [5, 5.41) is 1.08. The molecule has 0 spiro atoms. The number of hydrogen-bond acceptors (Lipinski definition) is 3. The summed E-state index contributed by atoms with van der Waals surface area (Å²) in [6.07, 6.45) is 3.11. The molecule has 0 fully saturated rings.